The van der Waals surface area contributed by atoms with Crippen molar-refractivity contribution in [1.29, 1.82) is 0 Å². The van der Waals surface area contributed by atoms with Crippen molar-refractivity contribution in [3.63, 3.8) is 0 Å². The number of nitrogens with one attached hydrogen (secondary N) is 3. The summed E-state index contributed by atoms with van der Waals surface area (Å²) in [6, 6.07) is 14.4. The summed E-state index contributed by atoms with van der Waals surface area (Å²) in [4.78, 5) is 8.90. The molecule has 3 N–H and O–H groups in total. The Balaban J connectivity index is 1.66. The molecule has 25 heavy (non-hydrogen) atoms. The van der Waals surface area contributed by atoms with Gasteiger partial charge in [-0.1, -0.05) is 35.9 Å². The Bertz CT molecular complexity index is 622. The van der Waals surface area contributed by atoms with Crippen LogP contribution < -0.4 is 16.0 Å². The topological polar surface area (TPSA) is 61.3 Å². The highest BCUT2D eigenvalue weighted by molar-refractivity contribution is 5.79. The second-order valence-electron chi connectivity index (χ2n) is 5.96. The second-order valence-corrected chi connectivity index (χ2v) is 5.96. The molecule has 0 radical (unpaired) electrons. The van der Waals surface area contributed by atoms with Crippen LogP contribution in [-0.4, -0.2) is 30.6 Å². The standard InChI is InChI=1S/C20H29N5/c1-3-21-20(25-16-18-11-9-17(2)10-12-18)24-15-7-6-14-23-19-8-4-5-13-22-19/h4-5,8-13H,3,6-7,14-16H2,1-2H3,(H,22,23)(H2,21,24,25). The van der Waals surface area contributed by atoms with Gasteiger partial charge in [-0.25, -0.2) is 9.98 Å². The SMILES string of the molecule is CCNC(=NCc1ccc(C)cc1)NCCCCNc1ccccn1. The van der Waals surface area contributed by atoms with Crippen molar-refractivity contribution >= 4 is 11.8 Å². The average Bonchev–Trinajstić information content (AvgIpc) is 2.64. The molecule has 5 heteroatoms. The zero-order chi connectivity index (χ0) is 17.7. The van der Waals surface area contributed by atoms with Gasteiger partial charge in [0.2, 0.25) is 0 Å². The van der Waals surface area contributed by atoms with Crippen LogP contribution in [0, 0.1) is 6.92 Å². The van der Waals surface area contributed by atoms with Gasteiger partial charge in [0.25, 0.3) is 0 Å². The minimum absolute atomic E-state index is 0.691. The Morgan fingerprint density at radius 2 is 1.80 bits per heavy atom. The number of rotatable bonds is 9. The number of aliphatic imine (C=N–C) groups is 1. The smallest absolute Gasteiger partial charge is 0.191 e. The Morgan fingerprint density at radius 1 is 1.00 bits per heavy atom. The number of aryl methyl sites for hydroxylation is 1. The lowest BCUT2D eigenvalue weighted by atomic mass is 10.1. The van der Waals surface area contributed by atoms with Gasteiger partial charge in [-0.05, 0) is 44.4 Å². The number of pyridine rings is 1. The summed E-state index contributed by atoms with van der Waals surface area (Å²) >= 11 is 0. The highest BCUT2D eigenvalue weighted by atomic mass is 15.2. The van der Waals surface area contributed by atoms with Crippen molar-refractivity contribution in [3.8, 4) is 0 Å². The quantitative estimate of drug-likeness (QED) is 0.372. The molecule has 1 heterocycles. The molecule has 0 bridgehead atoms. The first-order valence-corrected chi connectivity index (χ1v) is 9.00. The number of anilines is 1. The molecule has 1 aromatic carbocycles. The van der Waals surface area contributed by atoms with E-state index in [1.54, 1.807) is 6.20 Å². The zero-order valence-electron chi connectivity index (χ0n) is 15.3. The lowest BCUT2D eigenvalue weighted by Gasteiger charge is -2.11. The summed E-state index contributed by atoms with van der Waals surface area (Å²) in [5.74, 6) is 1.81. The van der Waals surface area contributed by atoms with Crippen LogP contribution in [0.3, 0.4) is 0 Å². The van der Waals surface area contributed by atoms with Crippen molar-refractivity contribution in [2.24, 2.45) is 4.99 Å². The van der Waals surface area contributed by atoms with Crippen molar-refractivity contribution in [2.75, 3.05) is 25.0 Å². The number of unbranched alkanes of at least 4 members (excludes halogenated alkanes) is 1. The van der Waals surface area contributed by atoms with E-state index in [0.717, 1.165) is 44.3 Å². The summed E-state index contributed by atoms with van der Waals surface area (Å²) in [6.45, 7) is 7.57. The summed E-state index contributed by atoms with van der Waals surface area (Å²) in [5, 5.41) is 10.0. The third kappa shape index (κ3) is 7.70. The summed E-state index contributed by atoms with van der Waals surface area (Å²) in [7, 11) is 0. The van der Waals surface area contributed by atoms with E-state index in [1.165, 1.54) is 11.1 Å². The maximum Gasteiger partial charge on any atom is 0.191 e. The van der Waals surface area contributed by atoms with E-state index in [0.29, 0.717) is 6.54 Å². The van der Waals surface area contributed by atoms with Crippen LogP contribution in [0.25, 0.3) is 0 Å². The van der Waals surface area contributed by atoms with E-state index in [1.807, 2.05) is 18.2 Å². The van der Waals surface area contributed by atoms with Crippen LogP contribution in [0.5, 0.6) is 0 Å². The summed E-state index contributed by atoms with van der Waals surface area (Å²) < 4.78 is 0. The predicted octanol–water partition coefficient (Wildman–Crippen LogP) is 3.34. The molecule has 0 spiro atoms. The van der Waals surface area contributed by atoms with E-state index in [2.05, 4.69) is 64.0 Å². The molecule has 5 nitrogen and oxygen atoms in total. The Hall–Kier alpha value is -2.56. The molecule has 0 aliphatic rings. The van der Waals surface area contributed by atoms with Crippen molar-refractivity contribution in [3.05, 3.63) is 59.8 Å². The van der Waals surface area contributed by atoms with Crippen LogP contribution in [0.15, 0.2) is 53.7 Å². The maximum absolute atomic E-state index is 4.65. The lowest BCUT2D eigenvalue weighted by molar-refractivity contribution is 0.712. The monoisotopic (exact) mass is 339 g/mol. The minimum atomic E-state index is 0.691. The van der Waals surface area contributed by atoms with Crippen LogP contribution in [-0.2, 0) is 6.54 Å². The number of hydrogen-bond acceptors (Lipinski definition) is 3. The van der Waals surface area contributed by atoms with E-state index < -0.39 is 0 Å². The fourth-order valence-corrected chi connectivity index (χ4v) is 2.35. The largest absolute Gasteiger partial charge is 0.370 e. The molecule has 0 fully saturated rings. The lowest BCUT2D eigenvalue weighted by Crippen LogP contribution is -2.37. The molecule has 2 rings (SSSR count). The maximum atomic E-state index is 4.65. The molecule has 0 aliphatic carbocycles. The van der Waals surface area contributed by atoms with E-state index in [4.69, 9.17) is 0 Å². The minimum Gasteiger partial charge on any atom is -0.370 e. The average molecular weight is 339 g/mol. The number of nitrogens with zero attached hydrogens (tertiary/aromatic N) is 2. The fourth-order valence-electron chi connectivity index (χ4n) is 2.35. The van der Waals surface area contributed by atoms with E-state index in [-0.39, 0.29) is 0 Å². The molecule has 0 atom stereocenters. The zero-order valence-corrected chi connectivity index (χ0v) is 15.3. The van der Waals surface area contributed by atoms with Crippen molar-refractivity contribution < 1.29 is 0 Å². The molecule has 1 aromatic heterocycles. The fraction of sp³-hybridized carbons (Fsp3) is 0.400. The van der Waals surface area contributed by atoms with Crippen LogP contribution >= 0.6 is 0 Å². The van der Waals surface area contributed by atoms with Gasteiger partial charge in [-0.2, -0.15) is 0 Å². The molecule has 0 amide bonds. The Labute approximate surface area is 151 Å². The van der Waals surface area contributed by atoms with Gasteiger partial charge in [0, 0.05) is 25.8 Å². The third-order valence-electron chi connectivity index (χ3n) is 3.75. The summed E-state index contributed by atoms with van der Waals surface area (Å²) in [6.07, 6.45) is 3.97. The van der Waals surface area contributed by atoms with Gasteiger partial charge < -0.3 is 16.0 Å². The number of guanidine groups is 1. The molecule has 134 valence electrons. The van der Waals surface area contributed by atoms with E-state index >= 15 is 0 Å². The molecule has 2 aromatic rings. The van der Waals surface area contributed by atoms with Crippen LogP contribution in [0.2, 0.25) is 0 Å². The molecular weight excluding hydrogens is 310 g/mol. The third-order valence-corrected chi connectivity index (χ3v) is 3.75. The van der Waals surface area contributed by atoms with Gasteiger partial charge in [0.1, 0.15) is 5.82 Å². The molecule has 0 aliphatic heterocycles. The van der Waals surface area contributed by atoms with Gasteiger partial charge in [-0.3, -0.25) is 0 Å². The number of aromatic nitrogens is 1. The predicted molar refractivity (Wildman–Crippen MR) is 106 cm³/mol. The van der Waals surface area contributed by atoms with Crippen LogP contribution in [0.4, 0.5) is 5.82 Å². The normalized spacial score (nSPS) is 11.2. The Morgan fingerprint density at radius 3 is 2.52 bits per heavy atom. The van der Waals surface area contributed by atoms with Crippen molar-refractivity contribution in [1.82, 2.24) is 15.6 Å². The first kappa shape index (κ1) is 18.8. The van der Waals surface area contributed by atoms with E-state index in [9.17, 15) is 0 Å². The Kier molecular flexibility index (Phi) is 8.32. The molecule has 0 saturated carbocycles. The molecular formula is C20H29N5. The van der Waals surface area contributed by atoms with Gasteiger partial charge in [0.05, 0.1) is 6.54 Å². The van der Waals surface area contributed by atoms with Crippen molar-refractivity contribution in [2.45, 2.75) is 33.2 Å². The summed E-state index contributed by atoms with van der Waals surface area (Å²) in [5.41, 5.74) is 2.50. The number of benzene rings is 1. The highest BCUT2D eigenvalue weighted by Crippen LogP contribution is 2.04. The van der Waals surface area contributed by atoms with Crippen LogP contribution in [0.1, 0.15) is 30.9 Å². The number of hydrogen-bond donors (Lipinski definition) is 3. The first-order valence-electron chi connectivity index (χ1n) is 9.00. The molecule has 0 saturated heterocycles. The molecule has 0 unspecified atom stereocenters. The second kappa shape index (κ2) is 11.1. The van der Waals surface area contributed by atoms with Gasteiger partial charge >= 0.3 is 0 Å². The highest BCUT2D eigenvalue weighted by Gasteiger charge is 1.98. The first-order chi connectivity index (χ1) is 12.3. The van der Waals surface area contributed by atoms with Gasteiger partial charge in [0.15, 0.2) is 5.96 Å². The van der Waals surface area contributed by atoms with Gasteiger partial charge in [-0.15, -0.1) is 0 Å².